The zero-order chi connectivity index (χ0) is 16.4. The van der Waals surface area contributed by atoms with E-state index in [0.29, 0.717) is 0 Å². The number of thiophene rings is 1. The van der Waals surface area contributed by atoms with Gasteiger partial charge in [-0.2, -0.15) is 13.2 Å². The van der Waals surface area contributed by atoms with Gasteiger partial charge >= 0.3 is 6.18 Å². The molecule has 2 N–H and O–H groups in total. The Morgan fingerprint density at radius 2 is 1.95 bits per heavy atom. The molecule has 4 nitrogen and oxygen atoms in total. The maximum atomic E-state index is 12.4. The summed E-state index contributed by atoms with van der Waals surface area (Å²) < 4.78 is 63.6. The quantitative estimate of drug-likeness (QED) is 0.814. The van der Waals surface area contributed by atoms with Crippen LogP contribution in [-0.2, 0) is 10.0 Å². The van der Waals surface area contributed by atoms with E-state index in [-0.39, 0.29) is 8.55 Å². The standard InChI is InChI=1S/C11H15ClF3NO3S2/c1-6(5-11(13,14)15)10(7(2)17)16-21(18,19)9-4-3-8(12)20-9/h3-4,6-7,10,16-17H,5H2,1-2H3/t6-,7-,10+/m1/s1. The van der Waals surface area contributed by atoms with Crippen molar-refractivity contribution in [1.29, 1.82) is 0 Å². The highest BCUT2D eigenvalue weighted by molar-refractivity contribution is 7.91. The van der Waals surface area contributed by atoms with Crippen molar-refractivity contribution in [3.8, 4) is 0 Å². The summed E-state index contributed by atoms with van der Waals surface area (Å²) in [5.41, 5.74) is 0. The minimum atomic E-state index is -4.44. The smallest absolute Gasteiger partial charge is 0.389 e. The predicted molar refractivity (Wildman–Crippen MR) is 75.0 cm³/mol. The number of hydrogen-bond donors (Lipinski definition) is 2. The molecule has 1 heterocycles. The van der Waals surface area contributed by atoms with E-state index in [1.807, 2.05) is 0 Å². The maximum Gasteiger partial charge on any atom is 0.389 e. The lowest BCUT2D eigenvalue weighted by Crippen LogP contribution is -2.47. The van der Waals surface area contributed by atoms with Crippen LogP contribution in [0.2, 0.25) is 4.34 Å². The van der Waals surface area contributed by atoms with E-state index in [0.717, 1.165) is 11.3 Å². The summed E-state index contributed by atoms with van der Waals surface area (Å²) in [6.45, 7) is 2.47. The molecular weight excluding hydrogens is 351 g/mol. The van der Waals surface area contributed by atoms with Crippen molar-refractivity contribution in [2.75, 3.05) is 0 Å². The van der Waals surface area contributed by atoms with Crippen LogP contribution in [0.15, 0.2) is 16.3 Å². The highest BCUT2D eigenvalue weighted by Crippen LogP contribution is 2.29. The van der Waals surface area contributed by atoms with Gasteiger partial charge in [0.1, 0.15) is 4.21 Å². The molecule has 1 aromatic heterocycles. The molecule has 122 valence electrons. The van der Waals surface area contributed by atoms with E-state index in [9.17, 15) is 26.7 Å². The van der Waals surface area contributed by atoms with Crippen LogP contribution < -0.4 is 4.72 Å². The van der Waals surface area contributed by atoms with E-state index in [1.165, 1.54) is 26.0 Å². The molecule has 0 aromatic carbocycles. The molecule has 10 heteroatoms. The average Bonchev–Trinajstić information content (AvgIpc) is 2.70. The number of aliphatic hydroxyl groups is 1. The van der Waals surface area contributed by atoms with Crippen molar-refractivity contribution in [2.24, 2.45) is 5.92 Å². The minimum absolute atomic E-state index is 0.114. The van der Waals surface area contributed by atoms with Gasteiger partial charge in [0.25, 0.3) is 0 Å². The average molecular weight is 366 g/mol. The molecule has 0 aliphatic rings. The third kappa shape index (κ3) is 5.74. The summed E-state index contributed by atoms with van der Waals surface area (Å²) in [5, 5.41) is 9.58. The van der Waals surface area contributed by atoms with E-state index in [1.54, 1.807) is 0 Å². The van der Waals surface area contributed by atoms with Crippen molar-refractivity contribution >= 4 is 33.0 Å². The minimum Gasteiger partial charge on any atom is -0.392 e. The Bertz CT molecular complexity index is 572. The van der Waals surface area contributed by atoms with Gasteiger partial charge in [-0.3, -0.25) is 0 Å². The molecule has 0 radical (unpaired) electrons. The Balaban J connectivity index is 2.93. The van der Waals surface area contributed by atoms with Crippen LogP contribution in [0.25, 0.3) is 0 Å². The Morgan fingerprint density at radius 1 is 1.38 bits per heavy atom. The summed E-state index contributed by atoms with van der Waals surface area (Å²) in [7, 11) is -4.03. The van der Waals surface area contributed by atoms with Crippen molar-refractivity contribution in [2.45, 2.75) is 42.8 Å². The molecule has 21 heavy (non-hydrogen) atoms. The maximum absolute atomic E-state index is 12.4. The topological polar surface area (TPSA) is 66.4 Å². The van der Waals surface area contributed by atoms with E-state index < -0.39 is 40.7 Å². The van der Waals surface area contributed by atoms with Gasteiger partial charge < -0.3 is 5.11 Å². The highest BCUT2D eigenvalue weighted by Gasteiger charge is 2.37. The fraction of sp³-hybridized carbons (Fsp3) is 0.636. The predicted octanol–water partition coefficient (Wildman–Crippen LogP) is 3.02. The summed E-state index contributed by atoms with van der Waals surface area (Å²) in [6, 6.07) is 1.37. The molecule has 0 bridgehead atoms. The fourth-order valence-electron chi connectivity index (χ4n) is 1.86. The van der Waals surface area contributed by atoms with E-state index in [2.05, 4.69) is 4.72 Å². The molecule has 0 fully saturated rings. The molecule has 0 saturated heterocycles. The molecule has 0 unspecified atom stereocenters. The van der Waals surface area contributed by atoms with Crippen LogP contribution in [0.1, 0.15) is 20.3 Å². The third-order valence-corrected chi connectivity index (χ3v) is 5.97. The zero-order valence-electron chi connectivity index (χ0n) is 11.2. The lowest BCUT2D eigenvalue weighted by atomic mass is 9.95. The number of rotatable bonds is 6. The number of hydrogen-bond acceptors (Lipinski definition) is 4. The van der Waals surface area contributed by atoms with Crippen LogP contribution in [-0.4, -0.2) is 31.8 Å². The first kappa shape index (κ1) is 18.7. The normalized spacial score (nSPS) is 17.5. The van der Waals surface area contributed by atoms with Crippen molar-refractivity contribution in [1.82, 2.24) is 4.72 Å². The van der Waals surface area contributed by atoms with Gasteiger partial charge in [-0.1, -0.05) is 18.5 Å². The molecule has 3 atom stereocenters. The van der Waals surface area contributed by atoms with Gasteiger partial charge in [0.2, 0.25) is 10.0 Å². The van der Waals surface area contributed by atoms with Crippen molar-refractivity contribution in [3.05, 3.63) is 16.5 Å². The van der Waals surface area contributed by atoms with E-state index in [4.69, 9.17) is 11.6 Å². The summed E-state index contributed by atoms with van der Waals surface area (Å²) in [6.07, 6.45) is -6.91. The number of aliphatic hydroxyl groups excluding tert-OH is 1. The van der Waals surface area contributed by atoms with Crippen LogP contribution >= 0.6 is 22.9 Å². The molecule has 0 aliphatic heterocycles. The second-order valence-electron chi connectivity index (χ2n) is 4.74. The molecule has 0 saturated carbocycles. The largest absolute Gasteiger partial charge is 0.392 e. The first-order valence-corrected chi connectivity index (χ1v) is 8.62. The summed E-state index contributed by atoms with van der Waals surface area (Å²) >= 11 is 6.43. The van der Waals surface area contributed by atoms with Crippen molar-refractivity contribution < 1.29 is 26.7 Å². The Hall–Kier alpha value is -0.350. The molecule has 0 aliphatic carbocycles. The fourth-order valence-corrected chi connectivity index (χ4v) is 4.78. The molecule has 1 aromatic rings. The first-order valence-electron chi connectivity index (χ1n) is 5.95. The number of sulfonamides is 1. The van der Waals surface area contributed by atoms with E-state index >= 15 is 0 Å². The van der Waals surface area contributed by atoms with Gasteiger partial charge in [0, 0.05) is 6.42 Å². The molecule has 0 amide bonds. The van der Waals surface area contributed by atoms with Gasteiger partial charge in [0.05, 0.1) is 16.5 Å². The Kier molecular flexibility index (Phi) is 6.08. The number of halogens is 4. The second kappa shape index (κ2) is 6.82. The monoisotopic (exact) mass is 365 g/mol. The Morgan fingerprint density at radius 3 is 2.33 bits per heavy atom. The number of nitrogens with one attached hydrogen (secondary N) is 1. The SMILES string of the molecule is C[C@H](CC(F)(F)F)[C@H](NS(=O)(=O)c1ccc(Cl)s1)[C@@H](C)O. The number of alkyl halides is 3. The summed E-state index contributed by atoms with van der Waals surface area (Å²) in [5.74, 6) is -1.12. The van der Waals surface area contributed by atoms with Gasteiger partial charge in [0.15, 0.2) is 0 Å². The van der Waals surface area contributed by atoms with Crippen LogP contribution in [0.4, 0.5) is 13.2 Å². The molecule has 0 spiro atoms. The summed E-state index contributed by atoms with van der Waals surface area (Å²) in [4.78, 5) is 0. The molecular formula is C11H15ClF3NO3S2. The lowest BCUT2D eigenvalue weighted by molar-refractivity contribution is -0.146. The van der Waals surface area contributed by atoms with Crippen LogP contribution in [0.3, 0.4) is 0 Å². The lowest BCUT2D eigenvalue weighted by Gasteiger charge is -2.27. The third-order valence-electron chi connectivity index (χ3n) is 2.79. The molecule has 1 rings (SSSR count). The van der Waals surface area contributed by atoms with Crippen molar-refractivity contribution in [3.63, 3.8) is 0 Å². The van der Waals surface area contributed by atoms with Crippen LogP contribution in [0.5, 0.6) is 0 Å². The second-order valence-corrected chi connectivity index (χ2v) is 8.40. The first-order chi connectivity index (χ1) is 9.42. The Labute approximate surface area is 130 Å². The van der Waals surface area contributed by atoms with Crippen LogP contribution in [0, 0.1) is 5.92 Å². The van der Waals surface area contributed by atoms with Gasteiger partial charge in [-0.15, -0.1) is 11.3 Å². The van der Waals surface area contributed by atoms with Gasteiger partial charge in [-0.25, -0.2) is 13.1 Å². The zero-order valence-corrected chi connectivity index (χ0v) is 13.6. The highest BCUT2D eigenvalue weighted by atomic mass is 35.5. The van der Waals surface area contributed by atoms with Gasteiger partial charge in [-0.05, 0) is 25.0 Å².